The van der Waals surface area contributed by atoms with E-state index in [0.717, 1.165) is 24.2 Å². The van der Waals surface area contributed by atoms with E-state index in [0.29, 0.717) is 38.3 Å². The third-order valence-electron chi connectivity index (χ3n) is 4.41. The van der Waals surface area contributed by atoms with Crippen molar-refractivity contribution in [3.05, 3.63) is 24.3 Å². The summed E-state index contributed by atoms with van der Waals surface area (Å²) in [5, 5.41) is 11.2. The first kappa shape index (κ1) is 16.3. The Morgan fingerprint density at radius 3 is 2.76 bits per heavy atom. The highest BCUT2D eigenvalue weighted by Gasteiger charge is 2.42. The second-order valence-electron chi connectivity index (χ2n) is 6.10. The minimum Gasteiger partial charge on any atom is -0.497 e. The van der Waals surface area contributed by atoms with E-state index in [2.05, 4.69) is 15.5 Å². The fourth-order valence-electron chi connectivity index (χ4n) is 3.01. The summed E-state index contributed by atoms with van der Waals surface area (Å²) in [6.45, 7) is 2.45. The molecule has 4 rings (SSSR count). The molecule has 8 heteroatoms. The van der Waals surface area contributed by atoms with Gasteiger partial charge in [-0.25, -0.2) is 0 Å². The van der Waals surface area contributed by atoms with E-state index < -0.39 is 5.79 Å². The van der Waals surface area contributed by atoms with Crippen molar-refractivity contribution in [1.82, 2.24) is 10.2 Å². The van der Waals surface area contributed by atoms with Gasteiger partial charge in [0, 0.05) is 24.9 Å². The Hall–Kier alpha value is -2.16. The van der Waals surface area contributed by atoms with Gasteiger partial charge in [-0.15, -0.1) is 5.10 Å². The van der Waals surface area contributed by atoms with Crippen LogP contribution in [0, 0.1) is 0 Å². The number of nitrogens with zero attached hydrogens (tertiary/aromatic N) is 2. The van der Waals surface area contributed by atoms with Gasteiger partial charge in [0.1, 0.15) is 11.9 Å². The van der Waals surface area contributed by atoms with Crippen LogP contribution in [-0.4, -0.2) is 55.6 Å². The molecule has 1 atom stereocenters. The lowest BCUT2D eigenvalue weighted by Gasteiger charge is -2.31. The molecule has 25 heavy (non-hydrogen) atoms. The quantitative estimate of drug-likeness (QED) is 0.879. The highest BCUT2D eigenvalue weighted by molar-refractivity contribution is 5.54. The average molecular weight is 347 g/mol. The summed E-state index contributed by atoms with van der Waals surface area (Å²) >= 11 is 0. The van der Waals surface area contributed by atoms with Gasteiger partial charge in [0.25, 0.3) is 0 Å². The highest BCUT2D eigenvalue weighted by atomic mass is 16.7. The first-order chi connectivity index (χ1) is 12.3. The van der Waals surface area contributed by atoms with E-state index in [1.54, 1.807) is 7.11 Å². The molecule has 2 aliphatic rings. The molecule has 2 aliphatic heterocycles. The molecule has 1 aromatic heterocycles. The predicted octanol–water partition coefficient (Wildman–Crippen LogP) is 2.08. The van der Waals surface area contributed by atoms with Crippen LogP contribution in [0.1, 0.15) is 12.8 Å². The number of benzene rings is 1. The molecule has 0 aliphatic carbocycles. The molecule has 2 aromatic rings. The summed E-state index contributed by atoms with van der Waals surface area (Å²) in [6.07, 6.45) is 1.49. The summed E-state index contributed by atoms with van der Waals surface area (Å²) in [6, 6.07) is 7.81. The molecule has 1 spiro atoms. The second kappa shape index (κ2) is 6.99. The van der Waals surface area contributed by atoms with Crippen molar-refractivity contribution in [1.29, 1.82) is 0 Å². The standard InChI is InChI=1S/C17H21N3O5/c1-21-13-4-2-12(3-5-13)15-19-20-16(24-15)18-10-14-11-23-17(25-14)6-8-22-9-7-17/h2-5,14H,6-11H2,1H3,(H,18,20). The Bertz CT molecular complexity index is 697. The summed E-state index contributed by atoms with van der Waals surface area (Å²) in [7, 11) is 1.63. The molecule has 1 aromatic carbocycles. The van der Waals surface area contributed by atoms with Crippen LogP contribution in [0.15, 0.2) is 28.7 Å². The normalized spacial score (nSPS) is 22.2. The molecule has 1 N–H and O–H groups in total. The lowest BCUT2D eigenvalue weighted by atomic mass is 10.1. The van der Waals surface area contributed by atoms with E-state index in [4.69, 9.17) is 23.4 Å². The summed E-state index contributed by atoms with van der Waals surface area (Å²) in [5.41, 5.74) is 0.836. The van der Waals surface area contributed by atoms with Crippen LogP contribution in [0.3, 0.4) is 0 Å². The Labute approximate surface area is 145 Å². The molecular weight excluding hydrogens is 326 g/mol. The zero-order valence-corrected chi connectivity index (χ0v) is 14.1. The average Bonchev–Trinajstić information content (AvgIpc) is 3.28. The van der Waals surface area contributed by atoms with Gasteiger partial charge < -0.3 is 28.7 Å². The van der Waals surface area contributed by atoms with Gasteiger partial charge in [0.05, 0.1) is 26.9 Å². The molecule has 134 valence electrons. The molecule has 0 bridgehead atoms. The molecule has 2 fully saturated rings. The molecule has 1 unspecified atom stereocenters. The van der Waals surface area contributed by atoms with Crippen LogP contribution in [0.2, 0.25) is 0 Å². The van der Waals surface area contributed by atoms with Crippen molar-refractivity contribution >= 4 is 6.01 Å². The largest absolute Gasteiger partial charge is 0.497 e. The van der Waals surface area contributed by atoms with Crippen molar-refractivity contribution in [2.75, 3.05) is 38.8 Å². The van der Waals surface area contributed by atoms with Gasteiger partial charge in [0.2, 0.25) is 5.89 Å². The maximum Gasteiger partial charge on any atom is 0.315 e. The summed E-state index contributed by atoms with van der Waals surface area (Å²) in [4.78, 5) is 0. The van der Waals surface area contributed by atoms with E-state index in [-0.39, 0.29) is 6.10 Å². The second-order valence-corrected chi connectivity index (χ2v) is 6.10. The molecule has 2 saturated heterocycles. The van der Waals surface area contributed by atoms with E-state index in [9.17, 15) is 0 Å². The van der Waals surface area contributed by atoms with E-state index >= 15 is 0 Å². The predicted molar refractivity (Wildman–Crippen MR) is 88.4 cm³/mol. The maximum absolute atomic E-state index is 6.06. The van der Waals surface area contributed by atoms with Gasteiger partial charge in [0.15, 0.2) is 5.79 Å². The summed E-state index contributed by atoms with van der Waals surface area (Å²) in [5.74, 6) is 0.755. The lowest BCUT2D eigenvalue weighted by Crippen LogP contribution is -2.38. The third kappa shape index (κ3) is 3.60. The fraction of sp³-hybridized carbons (Fsp3) is 0.529. The summed E-state index contributed by atoms with van der Waals surface area (Å²) < 4.78 is 28.1. The molecule has 0 amide bonds. The number of hydrogen-bond acceptors (Lipinski definition) is 8. The van der Waals surface area contributed by atoms with Crippen LogP contribution in [0.4, 0.5) is 6.01 Å². The smallest absolute Gasteiger partial charge is 0.315 e. The first-order valence-corrected chi connectivity index (χ1v) is 8.38. The van der Waals surface area contributed by atoms with Crippen LogP contribution < -0.4 is 10.1 Å². The molecular formula is C17H21N3O5. The Kier molecular flexibility index (Phi) is 4.56. The number of nitrogens with one attached hydrogen (secondary N) is 1. The van der Waals surface area contributed by atoms with Gasteiger partial charge in [-0.2, -0.15) is 0 Å². The number of methoxy groups -OCH3 is 1. The minimum absolute atomic E-state index is 0.0468. The van der Waals surface area contributed by atoms with Crippen LogP contribution in [0.25, 0.3) is 11.5 Å². The Morgan fingerprint density at radius 1 is 1.20 bits per heavy atom. The van der Waals surface area contributed by atoms with Gasteiger partial charge in [-0.1, -0.05) is 5.10 Å². The van der Waals surface area contributed by atoms with Crippen LogP contribution in [0.5, 0.6) is 5.75 Å². The van der Waals surface area contributed by atoms with Crippen molar-refractivity contribution in [3.8, 4) is 17.2 Å². The Balaban J connectivity index is 1.32. The van der Waals surface area contributed by atoms with Crippen LogP contribution >= 0.6 is 0 Å². The van der Waals surface area contributed by atoms with Crippen LogP contribution in [-0.2, 0) is 14.2 Å². The fourth-order valence-corrected chi connectivity index (χ4v) is 3.01. The molecule has 8 nitrogen and oxygen atoms in total. The zero-order valence-electron chi connectivity index (χ0n) is 14.1. The minimum atomic E-state index is -0.478. The van der Waals surface area contributed by atoms with E-state index in [1.807, 2.05) is 24.3 Å². The van der Waals surface area contributed by atoms with Crippen molar-refractivity contribution < 1.29 is 23.4 Å². The zero-order chi connectivity index (χ0) is 17.1. The monoisotopic (exact) mass is 347 g/mol. The van der Waals surface area contributed by atoms with Gasteiger partial charge in [-0.3, -0.25) is 0 Å². The lowest BCUT2D eigenvalue weighted by molar-refractivity contribution is -0.209. The molecule has 0 saturated carbocycles. The number of ether oxygens (including phenoxy) is 4. The van der Waals surface area contributed by atoms with E-state index in [1.165, 1.54) is 0 Å². The van der Waals surface area contributed by atoms with Crippen molar-refractivity contribution in [3.63, 3.8) is 0 Å². The van der Waals surface area contributed by atoms with Crippen molar-refractivity contribution in [2.24, 2.45) is 0 Å². The van der Waals surface area contributed by atoms with Gasteiger partial charge in [-0.05, 0) is 24.3 Å². The Morgan fingerprint density at radius 2 is 2.00 bits per heavy atom. The number of anilines is 1. The topological polar surface area (TPSA) is 87.9 Å². The number of hydrogen-bond donors (Lipinski definition) is 1. The third-order valence-corrected chi connectivity index (χ3v) is 4.41. The number of rotatable bonds is 5. The first-order valence-electron chi connectivity index (χ1n) is 8.38. The highest BCUT2D eigenvalue weighted by Crippen LogP contribution is 2.33. The maximum atomic E-state index is 6.06. The van der Waals surface area contributed by atoms with Gasteiger partial charge >= 0.3 is 6.01 Å². The molecule has 3 heterocycles. The number of aromatic nitrogens is 2. The SMILES string of the molecule is COc1ccc(-c2nnc(NCC3COC4(CCOCC4)O3)o2)cc1. The molecule has 0 radical (unpaired) electrons. The van der Waals surface area contributed by atoms with Crippen molar-refractivity contribution in [2.45, 2.75) is 24.7 Å².